The first-order chi connectivity index (χ1) is 14.7. The number of furan rings is 1. The van der Waals surface area contributed by atoms with Gasteiger partial charge in [-0.2, -0.15) is 5.10 Å². The largest absolute Gasteiger partial charge is 0.463 e. The number of amides is 2. The lowest BCUT2D eigenvalue weighted by atomic mass is 9.74. The summed E-state index contributed by atoms with van der Waals surface area (Å²) in [5, 5.41) is 10.6. The quantitative estimate of drug-likeness (QED) is 0.679. The Balaban J connectivity index is 1.21. The molecule has 0 spiro atoms. The average molecular weight is 406 g/mol. The Labute approximate surface area is 176 Å². The number of para-hydroxylation sites is 1. The molecule has 0 radical (unpaired) electrons. The fourth-order valence-corrected chi connectivity index (χ4v) is 4.97. The summed E-state index contributed by atoms with van der Waals surface area (Å²) in [5.41, 5.74) is 2.97. The van der Waals surface area contributed by atoms with Crippen LogP contribution in [-0.2, 0) is 7.05 Å². The molecule has 5 heterocycles. The van der Waals surface area contributed by atoms with E-state index < -0.39 is 0 Å². The molecule has 156 valence electrons. The standard InChI is InChI=1S/C23H27N5O2/c1-27-21(13-20(26-27)22-8-5-11-30-22)19-15-28-10-9-16(19)12-18(28)14-24-23(29)25-17-6-3-2-4-7-17/h2-8,11,13,16,18-19H,9-10,12,14-15H2,1H3,(H2,24,25,29). The van der Waals surface area contributed by atoms with Crippen LogP contribution in [0.3, 0.4) is 0 Å². The Morgan fingerprint density at radius 3 is 2.83 bits per heavy atom. The SMILES string of the molecule is Cn1nc(-c2ccco2)cc1C1CN2CCC1CC2CNC(=O)Nc1ccccc1. The molecule has 2 N–H and O–H groups in total. The predicted molar refractivity (Wildman–Crippen MR) is 115 cm³/mol. The van der Waals surface area contributed by atoms with E-state index in [0.29, 0.717) is 24.4 Å². The molecule has 7 nitrogen and oxygen atoms in total. The van der Waals surface area contributed by atoms with Crippen LogP contribution in [0.2, 0.25) is 0 Å². The van der Waals surface area contributed by atoms with E-state index in [0.717, 1.165) is 36.7 Å². The second-order valence-corrected chi connectivity index (χ2v) is 8.30. The number of nitrogens with one attached hydrogen (secondary N) is 2. The van der Waals surface area contributed by atoms with Crippen LogP contribution in [0.5, 0.6) is 0 Å². The molecule has 3 fully saturated rings. The molecule has 3 saturated heterocycles. The lowest BCUT2D eigenvalue weighted by molar-refractivity contribution is 0.0296. The van der Waals surface area contributed by atoms with Gasteiger partial charge in [0, 0.05) is 43.5 Å². The lowest BCUT2D eigenvalue weighted by Crippen LogP contribution is -2.56. The molecule has 3 aromatic rings. The number of piperidine rings is 3. The fourth-order valence-electron chi connectivity index (χ4n) is 4.97. The number of urea groups is 1. The van der Waals surface area contributed by atoms with Gasteiger partial charge in [-0.1, -0.05) is 18.2 Å². The van der Waals surface area contributed by atoms with Crippen molar-refractivity contribution in [1.29, 1.82) is 0 Å². The van der Waals surface area contributed by atoms with Crippen molar-refractivity contribution >= 4 is 11.7 Å². The van der Waals surface area contributed by atoms with Crippen LogP contribution in [0, 0.1) is 5.92 Å². The molecule has 2 aromatic heterocycles. The van der Waals surface area contributed by atoms with Crippen LogP contribution >= 0.6 is 0 Å². The second kappa shape index (κ2) is 7.99. The fraction of sp³-hybridized carbons (Fsp3) is 0.391. The normalized spacial score (nSPS) is 25.2. The molecular weight excluding hydrogens is 378 g/mol. The van der Waals surface area contributed by atoms with Crippen LogP contribution in [0.1, 0.15) is 24.5 Å². The highest BCUT2D eigenvalue weighted by Gasteiger charge is 2.41. The van der Waals surface area contributed by atoms with Gasteiger partial charge in [-0.25, -0.2) is 4.79 Å². The third-order valence-electron chi connectivity index (χ3n) is 6.48. The van der Waals surface area contributed by atoms with Gasteiger partial charge in [0.15, 0.2) is 5.76 Å². The number of carbonyl (C=O) groups excluding carboxylic acids is 1. The molecule has 30 heavy (non-hydrogen) atoms. The van der Waals surface area contributed by atoms with Crippen molar-refractivity contribution in [3.63, 3.8) is 0 Å². The van der Waals surface area contributed by atoms with E-state index in [1.54, 1.807) is 6.26 Å². The Hall–Kier alpha value is -3.06. The Kier molecular flexibility index (Phi) is 5.04. The topological polar surface area (TPSA) is 75.3 Å². The maximum atomic E-state index is 12.2. The molecule has 0 aliphatic carbocycles. The van der Waals surface area contributed by atoms with Gasteiger partial charge in [0.05, 0.1) is 6.26 Å². The third-order valence-corrected chi connectivity index (χ3v) is 6.48. The second-order valence-electron chi connectivity index (χ2n) is 8.30. The van der Waals surface area contributed by atoms with Crippen LogP contribution in [0.4, 0.5) is 10.5 Å². The number of aromatic nitrogens is 2. The van der Waals surface area contributed by atoms with Crippen molar-refractivity contribution in [2.75, 3.05) is 25.0 Å². The number of anilines is 1. The minimum absolute atomic E-state index is 0.143. The number of fused-ring (bicyclic) bond motifs is 3. The molecule has 6 rings (SSSR count). The van der Waals surface area contributed by atoms with Crippen molar-refractivity contribution in [2.45, 2.75) is 24.8 Å². The summed E-state index contributed by atoms with van der Waals surface area (Å²) < 4.78 is 7.52. The molecule has 2 bridgehead atoms. The first-order valence-electron chi connectivity index (χ1n) is 10.6. The monoisotopic (exact) mass is 405 g/mol. The summed E-state index contributed by atoms with van der Waals surface area (Å²) in [6, 6.07) is 15.8. The van der Waals surface area contributed by atoms with Crippen molar-refractivity contribution in [3.8, 4) is 11.5 Å². The molecule has 3 aliphatic heterocycles. The lowest BCUT2D eigenvalue weighted by Gasteiger charge is -2.49. The van der Waals surface area contributed by atoms with E-state index in [1.807, 2.05) is 54.2 Å². The average Bonchev–Trinajstić information content (AvgIpc) is 3.43. The van der Waals surface area contributed by atoms with Crippen molar-refractivity contribution in [3.05, 3.63) is 60.5 Å². The number of nitrogens with zero attached hydrogens (tertiary/aromatic N) is 3. The summed E-state index contributed by atoms with van der Waals surface area (Å²) in [5.74, 6) is 1.89. The number of hydrogen-bond donors (Lipinski definition) is 2. The van der Waals surface area contributed by atoms with Gasteiger partial charge in [0.2, 0.25) is 0 Å². The molecule has 3 aliphatic rings. The minimum atomic E-state index is -0.143. The number of benzene rings is 1. The van der Waals surface area contributed by atoms with Crippen molar-refractivity contribution in [1.82, 2.24) is 20.0 Å². The Bertz CT molecular complexity index is 998. The molecule has 0 saturated carbocycles. The van der Waals surface area contributed by atoms with Gasteiger partial charge in [-0.05, 0) is 55.6 Å². The molecular formula is C23H27N5O2. The van der Waals surface area contributed by atoms with Crippen LogP contribution in [0.15, 0.2) is 59.2 Å². The first-order valence-corrected chi connectivity index (χ1v) is 10.6. The highest BCUT2D eigenvalue weighted by molar-refractivity contribution is 5.89. The molecule has 4 atom stereocenters. The zero-order chi connectivity index (χ0) is 20.5. The Morgan fingerprint density at radius 2 is 2.10 bits per heavy atom. The highest BCUT2D eigenvalue weighted by Crippen LogP contribution is 2.42. The summed E-state index contributed by atoms with van der Waals surface area (Å²) in [4.78, 5) is 14.8. The molecule has 2 amide bonds. The maximum absolute atomic E-state index is 12.2. The van der Waals surface area contributed by atoms with E-state index in [-0.39, 0.29) is 6.03 Å². The molecule has 4 unspecified atom stereocenters. The zero-order valence-electron chi connectivity index (χ0n) is 17.1. The summed E-state index contributed by atoms with van der Waals surface area (Å²) in [6.07, 6.45) is 3.97. The Morgan fingerprint density at radius 1 is 1.23 bits per heavy atom. The zero-order valence-corrected chi connectivity index (χ0v) is 17.1. The molecule has 7 heteroatoms. The van der Waals surface area contributed by atoms with Gasteiger partial charge in [-0.15, -0.1) is 0 Å². The number of rotatable bonds is 5. The predicted octanol–water partition coefficient (Wildman–Crippen LogP) is 3.68. The van der Waals surface area contributed by atoms with Crippen molar-refractivity contribution < 1.29 is 9.21 Å². The van der Waals surface area contributed by atoms with Crippen LogP contribution < -0.4 is 10.6 Å². The van der Waals surface area contributed by atoms with E-state index in [2.05, 4.69) is 26.7 Å². The maximum Gasteiger partial charge on any atom is 0.319 e. The van der Waals surface area contributed by atoms with E-state index >= 15 is 0 Å². The number of carbonyl (C=O) groups is 1. The van der Waals surface area contributed by atoms with Gasteiger partial charge in [0.25, 0.3) is 0 Å². The first kappa shape index (κ1) is 18.9. The van der Waals surface area contributed by atoms with Gasteiger partial charge < -0.3 is 15.1 Å². The smallest absolute Gasteiger partial charge is 0.319 e. The van der Waals surface area contributed by atoms with E-state index in [4.69, 9.17) is 4.42 Å². The van der Waals surface area contributed by atoms with Gasteiger partial charge >= 0.3 is 6.03 Å². The van der Waals surface area contributed by atoms with Gasteiger partial charge in [-0.3, -0.25) is 9.58 Å². The third kappa shape index (κ3) is 3.73. The summed E-state index contributed by atoms with van der Waals surface area (Å²) in [7, 11) is 2.02. The highest BCUT2D eigenvalue weighted by atomic mass is 16.3. The number of aryl methyl sites for hydroxylation is 1. The summed E-state index contributed by atoms with van der Waals surface area (Å²) in [6.45, 7) is 2.77. The van der Waals surface area contributed by atoms with Crippen molar-refractivity contribution in [2.24, 2.45) is 13.0 Å². The van der Waals surface area contributed by atoms with E-state index in [1.165, 1.54) is 12.1 Å². The van der Waals surface area contributed by atoms with Crippen LogP contribution in [-0.4, -0.2) is 46.4 Å². The molecule has 1 aromatic carbocycles. The summed E-state index contributed by atoms with van der Waals surface area (Å²) >= 11 is 0. The van der Waals surface area contributed by atoms with Crippen LogP contribution in [0.25, 0.3) is 11.5 Å². The van der Waals surface area contributed by atoms with Gasteiger partial charge in [0.1, 0.15) is 5.69 Å². The van der Waals surface area contributed by atoms with E-state index in [9.17, 15) is 4.79 Å². The minimum Gasteiger partial charge on any atom is -0.463 e. The number of hydrogen-bond acceptors (Lipinski definition) is 4.